The molecule has 0 radical (unpaired) electrons. The Labute approximate surface area is 189 Å². The summed E-state index contributed by atoms with van der Waals surface area (Å²) in [5.41, 5.74) is 6.35. The van der Waals surface area contributed by atoms with Crippen LogP contribution in [-0.2, 0) is 4.79 Å². The highest BCUT2D eigenvalue weighted by molar-refractivity contribution is 7.17. The number of benzene rings is 2. The van der Waals surface area contributed by atoms with E-state index in [1.54, 1.807) is 0 Å². The van der Waals surface area contributed by atoms with Crippen LogP contribution in [-0.4, -0.2) is 35.9 Å². The Hall–Kier alpha value is -3.72. The average Bonchev–Trinajstić information content (AvgIpc) is 3.31. The Morgan fingerprint density at radius 1 is 1.03 bits per heavy atom. The van der Waals surface area contributed by atoms with Gasteiger partial charge in [-0.05, 0) is 49.2 Å². The van der Waals surface area contributed by atoms with E-state index in [4.69, 9.17) is 10.5 Å². The van der Waals surface area contributed by atoms with Gasteiger partial charge in [-0.25, -0.2) is 9.78 Å². The Bertz CT molecular complexity index is 1110. The fourth-order valence-electron chi connectivity index (χ4n) is 3.45. The molecule has 1 aliphatic rings. The molecule has 164 valence electrons. The molecule has 8 nitrogen and oxygen atoms in total. The van der Waals surface area contributed by atoms with Crippen molar-refractivity contribution in [3.63, 3.8) is 0 Å². The molecule has 2 heterocycles. The summed E-state index contributed by atoms with van der Waals surface area (Å²) < 4.78 is 5.35. The number of piperidine rings is 1. The number of rotatable bonds is 6. The first-order valence-electron chi connectivity index (χ1n) is 10.2. The molecule has 0 aliphatic carbocycles. The molecule has 4 rings (SSSR count). The molecule has 32 heavy (non-hydrogen) atoms. The molecule has 0 bridgehead atoms. The van der Waals surface area contributed by atoms with Crippen LogP contribution in [0.1, 0.15) is 32.9 Å². The fraction of sp³-hybridized carbons (Fsp3) is 0.217. The number of carbonyl (C=O) groups excluding carboxylic acids is 3. The Balaban J connectivity index is 1.30. The number of carbonyl (C=O) groups is 3. The number of esters is 1. The lowest BCUT2D eigenvalue weighted by atomic mass is 9.96. The number of hydrogen-bond acceptors (Lipinski definition) is 7. The van der Waals surface area contributed by atoms with E-state index in [9.17, 15) is 14.4 Å². The van der Waals surface area contributed by atoms with Crippen molar-refractivity contribution in [1.82, 2.24) is 4.98 Å². The lowest BCUT2D eigenvalue weighted by Crippen LogP contribution is -2.38. The molecule has 2 amide bonds. The first kappa shape index (κ1) is 21.5. The first-order chi connectivity index (χ1) is 15.5. The van der Waals surface area contributed by atoms with E-state index in [1.165, 1.54) is 41.8 Å². The van der Waals surface area contributed by atoms with Crippen molar-refractivity contribution in [3.05, 3.63) is 71.2 Å². The van der Waals surface area contributed by atoms with Crippen LogP contribution in [0.2, 0.25) is 0 Å². The molecule has 0 saturated carbocycles. The van der Waals surface area contributed by atoms with Crippen molar-refractivity contribution in [2.75, 3.05) is 23.3 Å². The van der Waals surface area contributed by atoms with E-state index in [-0.39, 0.29) is 11.8 Å². The van der Waals surface area contributed by atoms with Crippen molar-refractivity contribution >= 4 is 39.9 Å². The molecule has 1 saturated heterocycles. The second kappa shape index (κ2) is 9.61. The van der Waals surface area contributed by atoms with Crippen LogP contribution in [0.5, 0.6) is 5.75 Å². The second-order valence-corrected chi connectivity index (χ2v) is 8.41. The van der Waals surface area contributed by atoms with Gasteiger partial charge in [-0.2, -0.15) is 0 Å². The topological polar surface area (TPSA) is 115 Å². The highest BCUT2D eigenvalue weighted by atomic mass is 32.1. The second-order valence-electron chi connectivity index (χ2n) is 7.40. The van der Waals surface area contributed by atoms with E-state index in [1.807, 2.05) is 30.3 Å². The van der Waals surface area contributed by atoms with E-state index in [2.05, 4.69) is 15.2 Å². The summed E-state index contributed by atoms with van der Waals surface area (Å²) in [5, 5.41) is 3.69. The third-order valence-electron chi connectivity index (χ3n) is 5.22. The Morgan fingerprint density at radius 2 is 1.72 bits per heavy atom. The molecule has 9 heteroatoms. The summed E-state index contributed by atoms with van der Waals surface area (Å²) in [6.07, 6.45) is 2.92. The van der Waals surface area contributed by atoms with E-state index in [0.717, 1.165) is 10.8 Å². The number of nitrogens with two attached hydrogens (primary N) is 1. The number of amides is 2. The third kappa shape index (κ3) is 5.12. The SMILES string of the molecule is NC(=O)c1ccc(OC(=O)c2cnc(N3CCC(C(=O)Nc4ccccc4)CC3)s2)cc1. The molecule has 0 unspecified atom stereocenters. The zero-order valence-corrected chi connectivity index (χ0v) is 18.0. The zero-order valence-electron chi connectivity index (χ0n) is 17.2. The molecule has 0 spiro atoms. The summed E-state index contributed by atoms with van der Waals surface area (Å²) in [7, 11) is 0. The Morgan fingerprint density at radius 3 is 2.38 bits per heavy atom. The summed E-state index contributed by atoms with van der Waals surface area (Å²) in [6.45, 7) is 1.37. The Kier molecular flexibility index (Phi) is 6.46. The van der Waals surface area contributed by atoms with Gasteiger partial charge in [0.2, 0.25) is 11.8 Å². The van der Waals surface area contributed by atoms with Crippen LogP contribution in [0, 0.1) is 5.92 Å². The third-order valence-corrected chi connectivity index (χ3v) is 6.26. The standard InChI is InChI=1S/C23H22N4O4S/c24-20(28)15-6-8-18(9-7-15)31-22(30)19-14-25-23(32-19)27-12-10-16(11-13-27)21(29)26-17-4-2-1-3-5-17/h1-9,14,16H,10-13H2,(H2,24,28)(H,26,29). The summed E-state index contributed by atoms with van der Waals surface area (Å²) in [4.78, 5) is 42.9. The molecule has 1 aliphatic heterocycles. The molecule has 0 atom stereocenters. The van der Waals surface area contributed by atoms with Crippen LogP contribution in [0.3, 0.4) is 0 Å². The quantitative estimate of drug-likeness (QED) is 0.440. The van der Waals surface area contributed by atoms with Crippen LogP contribution in [0.15, 0.2) is 60.8 Å². The van der Waals surface area contributed by atoms with Crippen LogP contribution in [0.4, 0.5) is 10.8 Å². The van der Waals surface area contributed by atoms with Crippen LogP contribution >= 0.6 is 11.3 Å². The predicted molar refractivity (Wildman–Crippen MR) is 122 cm³/mol. The van der Waals surface area contributed by atoms with Gasteiger partial charge in [0.25, 0.3) is 0 Å². The number of aromatic nitrogens is 1. The summed E-state index contributed by atoms with van der Waals surface area (Å²) >= 11 is 1.25. The highest BCUT2D eigenvalue weighted by Crippen LogP contribution is 2.29. The molecule has 1 fully saturated rings. The van der Waals surface area contributed by atoms with Gasteiger partial charge >= 0.3 is 5.97 Å². The van der Waals surface area contributed by atoms with Gasteiger partial charge in [-0.3, -0.25) is 9.59 Å². The predicted octanol–water partition coefficient (Wildman–Crippen LogP) is 3.32. The number of para-hydroxylation sites is 1. The normalized spacial score (nSPS) is 14.1. The fourth-order valence-corrected chi connectivity index (χ4v) is 4.29. The van der Waals surface area contributed by atoms with Gasteiger partial charge in [-0.1, -0.05) is 29.5 Å². The van der Waals surface area contributed by atoms with Crippen molar-refractivity contribution in [3.8, 4) is 5.75 Å². The largest absolute Gasteiger partial charge is 0.422 e. The first-order valence-corrected chi connectivity index (χ1v) is 11.0. The van der Waals surface area contributed by atoms with E-state index >= 15 is 0 Å². The highest BCUT2D eigenvalue weighted by Gasteiger charge is 2.27. The maximum absolute atomic E-state index is 12.5. The van der Waals surface area contributed by atoms with Gasteiger partial charge in [-0.15, -0.1) is 0 Å². The van der Waals surface area contributed by atoms with Crippen LogP contribution in [0.25, 0.3) is 0 Å². The number of ether oxygens (including phenoxy) is 1. The maximum atomic E-state index is 12.5. The minimum absolute atomic E-state index is 0.0293. The lowest BCUT2D eigenvalue weighted by Gasteiger charge is -2.31. The molecule has 1 aromatic heterocycles. The van der Waals surface area contributed by atoms with Crippen molar-refractivity contribution in [2.24, 2.45) is 11.7 Å². The minimum atomic E-state index is -0.545. The molecular formula is C23H22N4O4S. The van der Waals surface area contributed by atoms with Crippen LogP contribution < -0.4 is 20.7 Å². The monoisotopic (exact) mass is 450 g/mol. The summed E-state index contributed by atoms with van der Waals surface area (Å²) in [6, 6.07) is 15.5. The number of nitrogens with zero attached hydrogens (tertiary/aromatic N) is 2. The van der Waals surface area contributed by atoms with Crippen molar-refractivity contribution in [2.45, 2.75) is 12.8 Å². The average molecular weight is 451 g/mol. The number of anilines is 2. The van der Waals surface area contributed by atoms with Gasteiger partial charge in [0, 0.05) is 30.3 Å². The van der Waals surface area contributed by atoms with Gasteiger partial charge in [0.15, 0.2) is 5.13 Å². The summed E-state index contributed by atoms with van der Waals surface area (Å²) in [5.74, 6) is -0.768. The van der Waals surface area contributed by atoms with Crippen molar-refractivity contribution < 1.29 is 19.1 Å². The minimum Gasteiger partial charge on any atom is -0.422 e. The molecule has 3 N–H and O–H groups in total. The number of hydrogen-bond donors (Lipinski definition) is 2. The number of primary amides is 1. The molecular weight excluding hydrogens is 428 g/mol. The van der Waals surface area contributed by atoms with E-state index < -0.39 is 11.9 Å². The molecule has 2 aromatic carbocycles. The van der Waals surface area contributed by atoms with Gasteiger partial charge in [0.05, 0.1) is 6.20 Å². The van der Waals surface area contributed by atoms with E-state index in [0.29, 0.717) is 42.1 Å². The number of nitrogens with one attached hydrogen (secondary N) is 1. The zero-order chi connectivity index (χ0) is 22.5. The number of thiazole rings is 1. The van der Waals surface area contributed by atoms with Gasteiger partial charge < -0.3 is 20.7 Å². The molecule has 3 aromatic rings. The maximum Gasteiger partial charge on any atom is 0.355 e. The van der Waals surface area contributed by atoms with Gasteiger partial charge in [0.1, 0.15) is 10.6 Å². The smallest absolute Gasteiger partial charge is 0.355 e. The lowest BCUT2D eigenvalue weighted by molar-refractivity contribution is -0.120. The van der Waals surface area contributed by atoms with Crippen molar-refractivity contribution in [1.29, 1.82) is 0 Å².